The first-order chi connectivity index (χ1) is 13.6. The predicted molar refractivity (Wildman–Crippen MR) is 106 cm³/mol. The van der Waals surface area contributed by atoms with E-state index in [4.69, 9.17) is 0 Å². The van der Waals surface area contributed by atoms with E-state index in [1.807, 2.05) is 32.0 Å². The normalized spacial score (nSPS) is 10.2. The standard InChI is InChI=1S/C20H21N3O6/c1-12-6-5-7-13(2)18(12)21-17(24)11-22(3)19(25)14-8-15(20(26)29-4)10-16(9-14)23(27)28/h5-10H,11H2,1-4H3,(H,21,24). The molecule has 0 aliphatic heterocycles. The Balaban J connectivity index is 2.21. The number of methoxy groups -OCH3 is 1. The molecule has 2 aromatic rings. The Morgan fingerprint density at radius 2 is 1.69 bits per heavy atom. The number of nitrogens with zero attached hydrogens (tertiary/aromatic N) is 2. The Kier molecular flexibility index (Phi) is 6.66. The molecule has 0 aromatic heterocycles. The highest BCUT2D eigenvalue weighted by molar-refractivity contribution is 6.01. The number of para-hydroxylation sites is 1. The van der Waals surface area contributed by atoms with Crippen molar-refractivity contribution < 1.29 is 24.0 Å². The third kappa shape index (κ3) is 5.16. The number of nitrogens with one attached hydrogen (secondary N) is 1. The lowest BCUT2D eigenvalue weighted by Crippen LogP contribution is -2.35. The minimum atomic E-state index is -0.807. The van der Waals surface area contributed by atoms with Crippen LogP contribution in [0.2, 0.25) is 0 Å². The van der Waals surface area contributed by atoms with Gasteiger partial charge in [0.1, 0.15) is 0 Å². The fourth-order valence-corrected chi connectivity index (χ4v) is 2.77. The second kappa shape index (κ2) is 8.96. The van der Waals surface area contributed by atoms with Crippen LogP contribution in [0.1, 0.15) is 31.8 Å². The number of benzene rings is 2. The highest BCUT2D eigenvalue weighted by Gasteiger charge is 2.22. The number of nitro benzene ring substituents is 1. The highest BCUT2D eigenvalue weighted by Crippen LogP contribution is 2.21. The third-order valence-electron chi connectivity index (χ3n) is 4.27. The van der Waals surface area contributed by atoms with E-state index in [0.29, 0.717) is 5.69 Å². The maximum absolute atomic E-state index is 12.7. The van der Waals surface area contributed by atoms with Crippen LogP contribution in [0.3, 0.4) is 0 Å². The van der Waals surface area contributed by atoms with Gasteiger partial charge in [0.25, 0.3) is 11.6 Å². The lowest BCUT2D eigenvalue weighted by atomic mass is 10.1. The average molecular weight is 399 g/mol. The molecule has 29 heavy (non-hydrogen) atoms. The summed E-state index contributed by atoms with van der Waals surface area (Å²) in [5.41, 5.74) is 1.79. The molecule has 0 unspecified atom stereocenters. The van der Waals surface area contributed by atoms with Gasteiger partial charge in [0.2, 0.25) is 5.91 Å². The second-order valence-electron chi connectivity index (χ2n) is 6.49. The monoisotopic (exact) mass is 399 g/mol. The SMILES string of the molecule is COC(=O)c1cc(C(=O)N(C)CC(=O)Nc2c(C)cccc2C)cc([N+](=O)[O-])c1. The van der Waals surface area contributed by atoms with Crippen LogP contribution >= 0.6 is 0 Å². The maximum Gasteiger partial charge on any atom is 0.338 e. The van der Waals surface area contributed by atoms with Crippen LogP contribution in [0.25, 0.3) is 0 Å². The van der Waals surface area contributed by atoms with Crippen LogP contribution in [0.5, 0.6) is 0 Å². The topological polar surface area (TPSA) is 119 Å². The number of nitro groups is 1. The van der Waals surface area contributed by atoms with E-state index in [2.05, 4.69) is 10.1 Å². The van der Waals surface area contributed by atoms with E-state index >= 15 is 0 Å². The number of aryl methyl sites for hydroxylation is 2. The summed E-state index contributed by atoms with van der Waals surface area (Å²) in [5, 5.41) is 13.9. The molecule has 0 saturated carbocycles. The largest absolute Gasteiger partial charge is 0.465 e. The van der Waals surface area contributed by atoms with Gasteiger partial charge in [-0.2, -0.15) is 0 Å². The molecule has 9 nitrogen and oxygen atoms in total. The average Bonchev–Trinajstić information content (AvgIpc) is 2.69. The number of amides is 2. The van der Waals surface area contributed by atoms with Crippen LogP contribution in [-0.4, -0.2) is 48.3 Å². The first-order valence-corrected chi connectivity index (χ1v) is 8.63. The smallest absolute Gasteiger partial charge is 0.338 e. The van der Waals surface area contributed by atoms with Gasteiger partial charge in [0.05, 0.1) is 24.1 Å². The van der Waals surface area contributed by atoms with Crippen LogP contribution < -0.4 is 5.32 Å². The Morgan fingerprint density at radius 3 is 2.24 bits per heavy atom. The number of hydrogen-bond acceptors (Lipinski definition) is 6. The van der Waals surface area contributed by atoms with Crippen molar-refractivity contribution in [2.75, 3.05) is 26.0 Å². The summed E-state index contributed by atoms with van der Waals surface area (Å²) in [7, 11) is 2.52. The van der Waals surface area contributed by atoms with E-state index in [1.165, 1.54) is 13.1 Å². The van der Waals surface area contributed by atoms with Crippen LogP contribution in [-0.2, 0) is 9.53 Å². The molecule has 2 rings (SSSR count). The van der Waals surface area contributed by atoms with Crippen molar-refractivity contribution in [3.05, 3.63) is 68.8 Å². The van der Waals surface area contributed by atoms with Gasteiger partial charge in [0.15, 0.2) is 0 Å². The summed E-state index contributed by atoms with van der Waals surface area (Å²) >= 11 is 0. The molecule has 1 N–H and O–H groups in total. The molecule has 152 valence electrons. The van der Waals surface area contributed by atoms with E-state index in [9.17, 15) is 24.5 Å². The molecule has 0 bridgehead atoms. The summed E-state index contributed by atoms with van der Waals surface area (Å²) in [6.07, 6.45) is 0. The number of ether oxygens (including phenoxy) is 1. The van der Waals surface area contributed by atoms with Gasteiger partial charge >= 0.3 is 5.97 Å². The van der Waals surface area contributed by atoms with Gasteiger partial charge < -0.3 is 15.0 Å². The quantitative estimate of drug-likeness (QED) is 0.453. The summed E-state index contributed by atoms with van der Waals surface area (Å²) in [5.74, 6) is -1.87. The minimum Gasteiger partial charge on any atom is -0.465 e. The van der Waals surface area contributed by atoms with Crippen molar-refractivity contribution in [3.8, 4) is 0 Å². The zero-order valence-corrected chi connectivity index (χ0v) is 16.5. The molecule has 0 heterocycles. The number of esters is 1. The first-order valence-electron chi connectivity index (χ1n) is 8.63. The zero-order valence-electron chi connectivity index (χ0n) is 16.5. The molecule has 0 aliphatic rings. The Hall–Kier alpha value is -3.75. The molecule has 2 amide bonds. The molecule has 0 fully saturated rings. The Morgan fingerprint density at radius 1 is 1.10 bits per heavy atom. The number of hydrogen-bond donors (Lipinski definition) is 1. The highest BCUT2D eigenvalue weighted by atomic mass is 16.6. The molecule has 2 aromatic carbocycles. The molecule has 9 heteroatoms. The number of non-ortho nitro benzene ring substituents is 1. The van der Waals surface area contributed by atoms with Gasteiger partial charge in [0, 0.05) is 30.4 Å². The van der Waals surface area contributed by atoms with E-state index < -0.39 is 28.4 Å². The van der Waals surface area contributed by atoms with Crippen LogP contribution in [0.15, 0.2) is 36.4 Å². The minimum absolute atomic E-state index is 0.0954. The third-order valence-corrected chi connectivity index (χ3v) is 4.27. The number of carbonyl (C=O) groups excluding carboxylic acids is 3. The summed E-state index contributed by atoms with van der Waals surface area (Å²) in [6, 6.07) is 8.85. The molecule has 0 aliphatic carbocycles. The number of anilines is 1. The van der Waals surface area contributed by atoms with Crippen LogP contribution in [0, 0.1) is 24.0 Å². The summed E-state index contributed by atoms with van der Waals surface area (Å²) < 4.78 is 4.57. The van der Waals surface area contributed by atoms with Gasteiger partial charge in [-0.3, -0.25) is 19.7 Å². The predicted octanol–water partition coefficient (Wildman–Crippen LogP) is 2.71. The van der Waals surface area contributed by atoms with Crippen molar-refractivity contribution in [2.24, 2.45) is 0 Å². The van der Waals surface area contributed by atoms with Gasteiger partial charge in [-0.1, -0.05) is 18.2 Å². The molecule has 0 atom stereocenters. The van der Waals surface area contributed by atoms with Gasteiger partial charge in [-0.25, -0.2) is 4.79 Å². The number of rotatable bonds is 6. The second-order valence-corrected chi connectivity index (χ2v) is 6.49. The van der Waals surface area contributed by atoms with E-state index in [-0.39, 0.29) is 17.7 Å². The summed E-state index contributed by atoms with van der Waals surface area (Å²) in [6.45, 7) is 3.44. The van der Waals surface area contributed by atoms with E-state index in [1.54, 1.807) is 0 Å². The zero-order chi connectivity index (χ0) is 21.7. The van der Waals surface area contributed by atoms with E-state index in [0.717, 1.165) is 35.3 Å². The van der Waals surface area contributed by atoms with Crippen molar-refractivity contribution in [1.82, 2.24) is 4.90 Å². The lowest BCUT2D eigenvalue weighted by molar-refractivity contribution is -0.384. The van der Waals surface area contributed by atoms with Gasteiger partial charge in [-0.15, -0.1) is 0 Å². The summed E-state index contributed by atoms with van der Waals surface area (Å²) in [4.78, 5) is 48.3. The fourth-order valence-electron chi connectivity index (χ4n) is 2.77. The van der Waals surface area contributed by atoms with Gasteiger partial charge in [-0.05, 0) is 31.0 Å². The molecular formula is C20H21N3O6. The Bertz CT molecular complexity index is 966. The lowest BCUT2D eigenvalue weighted by Gasteiger charge is -2.18. The molecule has 0 radical (unpaired) electrons. The van der Waals surface area contributed by atoms with Crippen molar-refractivity contribution in [2.45, 2.75) is 13.8 Å². The Labute approximate surface area is 167 Å². The number of carbonyl (C=O) groups is 3. The molecule has 0 saturated heterocycles. The first kappa shape index (κ1) is 21.5. The van der Waals surface area contributed by atoms with Crippen molar-refractivity contribution >= 4 is 29.2 Å². The fraction of sp³-hybridized carbons (Fsp3) is 0.250. The van der Waals surface area contributed by atoms with Crippen molar-refractivity contribution in [3.63, 3.8) is 0 Å². The number of likely N-dealkylation sites (N-methyl/N-ethyl adjacent to an activating group) is 1. The van der Waals surface area contributed by atoms with Crippen molar-refractivity contribution in [1.29, 1.82) is 0 Å². The molecule has 0 spiro atoms. The molecular weight excluding hydrogens is 378 g/mol. The maximum atomic E-state index is 12.7. The van der Waals surface area contributed by atoms with Crippen LogP contribution in [0.4, 0.5) is 11.4 Å².